The van der Waals surface area contributed by atoms with Crippen molar-refractivity contribution in [1.82, 2.24) is 5.32 Å². The molecule has 2 atom stereocenters. The smallest absolute Gasteiger partial charge is 0.252 e. The van der Waals surface area contributed by atoms with Crippen molar-refractivity contribution < 1.29 is 23.0 Å². The predicted octanol–water partition coefficient (Wildman–Crippen LogP) is 1.95. The van der Waals surface area contributed by atoms with Crippen LogP contribution >= 0.6 is 0 Å². The molecule has 110 valence electrons. The molecule has 4 nitrogen and oxygen atoms in total. The minimum atomic E-state index is -0.700. The van der Waals surface area contributed by atoms with Gasteiger partial charge in [-0.3, -0.25) is 4.79 Å². The van der Waals surface area contributed by atoms with E-state index < -0.39 is 23.8 Å². The molecule has 1 aromatic rings. The zero-order valence-electron chi connectivity index (χ0n) is 11.2. The summed E-state index contributed by atoms with van der Waals surface area (Å²) in [6.45, 7) is 2.77. The molecule has 1 saturated heterocycles. The molecule has 0 unspecified atom stereocenters. The Kier molecular flexibility index (Phi) is 5.03. The topological polar surface area (TPSA) is 47.6 Å². The van der Waals surface area contributed by atoms with E-state index in [0.29, 0.717) is 19.6 Å². The van der Waals surface area contributed by atoms with Gasteiger partial charge in [0.2, 0.25) is 0 Å². The molecule has 2 rings (SSSR count). The fourth-order valence-corrected chi connectivity index (χ4v) is 2.09. The molecule has 1 N–H and O–H groups in total. The monoisotopic (exact) mass is 285 g/mol. The summed E-state index contributed by atoms with van der Waals surface area (Å²) in [6, 6.07) is 2.61. The highest BCUT2D eigenvalue weighted by Gasteiger charge is 2.26. The Morgan fingerprint density at radius 1 is 1.45 bits per heavy atom. The lowest BCUT2D eigenvalue weighted by molar-refractivity contribution is -0.148. The first kappa shape index (κ1) is 14.9. The van der Waals surface area contributed by atoms with Gasteiger partial charge in [0.25, 0.3) is 5.91 Å². The number of amides is 1. The van der Waals surface area contributed by atoms with E-state index in [4.69, 9.17) is 9.47 Å². The van der Waals surface area contributed by atoms with Crippen molar-refractivity contribution in [3.63, 3.8) is 0 Å². The Balaban J connectivity index is 2.08. The first-order chi connectivity index (χ1) is 9.61. The number of hydrogen-bond donors (Lipinski definition) is 1. The summed E-state index contributed by atoms with van der Waals surface area (Å²) in [6.07, 6.45) is -0.255. The van der Waals surface area contributed by atoms with E-state index in [-0.39, 0.29) is 18.1 Å². The van der Waals surface area contributed by atoms with Crippen LogP contribution in [-0.2, 0) is 14.3 Å². The van der Waals surface area contributed by atoms with Crippen LogP contribution in [0.4, 0.5) is 8.78 Å². The third-order valence-electron chi connectivity index (χ3n) is 3.17. The number of benzene rings is 1. The molecule has 1 amide bonds. The van der Waals surface area contributed by atoms with Crippen LogP contribution in [0.25, 0.3) is 0 Å². The van der Waals surface area contributed by atoms with Gasteiger partial charge >= 0.3 is 0 Å². The number of rotatable bonds is 4. The van der Waals surface area contributed by atoms with Crippen molar-refractivity contribution >= 4 is 5.91 Å². The van der Waals surface area contributed by atoms with Crippen molar-refractivity contribution in [2.75, 3.05) is 19.8 Å². The summed E-state index contributed by atoms with van der Waals surface area (Å²) in [5.41, 5.74) is 0.137. The van der Waals surface area contributed by atoms with Gasteiger partial charge < -0.3 is 14.8 Å². The number of ether oxygens (including phenoxy) is 2. The largest absolute Gasteiger partial charge is 0.376 e. The number of nitrogens with one attached hydrogen (secondary N) is 1. The summed E-state index contributed by atoms with van der Waals surface area (Å²) in [4.78, 5) is 12.0. The molecule has 1 aliphatic rings. The van der Waals surface area contributed by atoms with Gasteiger partial charge in [0.15, 0.2) is 6.10 Å². The molecule has 0 aromatic heterocycles. The van der Waals surface area contributed by atoms with Crippen molar-refractivity contribution in [1.29, 1.82) is 0 Å². The van der Waals surface area contributed by atoms with Crippen LogP contribution in [0.5, 0.6) is 0 Å². The minimum absolute atomic E-state index is 0.137. The maximum atomic E-state index is 13.7. The van der Waals surface area contributed by atoms with Crippen LogP contribution in [0.2, 0.25) is 0 Å². The molecular formula is C14H17F2NO3. The standard InChI is InChI=1S/C14H17F2NO3/c1-2-12(10-7-9(15)3-4-11(10)16)17-14(18)13-8-19-5-6-20-13/h3-4,7,12-13H,2,5-6,8H2,1H3,(H,17,18)/t12-,13+/m0/s1. The van der Waals surface area contributed by atoms with Crippen LogP contribution in [0.3, 0.4) is 0 Å². The van der Waals surface area contributed by atoms with E-state index >= 15 is 0 Å². The first-order valence-electron chi connectivity index (χ1n) is 6.56. The molecule has 0 spiro atoms. The molecule has 0 bridgehead atoms. The van der Waals surface area contributed by atoms with Gasteiger partial charge in [-0.15, -0.1) is 0 Å². The summed E-state index contributed by atoms with van der Waals surface area (Å²) in [7, 11) is 0. The van der Waals surface area contributed by atoms with Crippen LogP contribution in [0.1, 0.15) is 24.9 Å². The SMILES string of the molecule is CC[C@H](NC(=O)[C@H]1COCCO1)c1cc(F)ccc1F. The molecule has 0 radical (unpaired) electrons. The second kappa shape index (κ2) is 6.76. The van der Waals surface area contributed by atoms with Gasteiger partial charge in [-0.2, -0.15) is 0 Å². The quantitative estimate of drug-likeness (QED) is 0.919. The van der Waals surface area contributed by atoms with E-state index in [1.807, 2.05) is 0 Å². The number of carbonyl (C=O) groups excluding carboxylic acids is 1. The minimum Gasteiger partial charge on any atom is -0.376 e. The molecule has 0 saturated carbocycles. The molecule has 1 heterocycles. The van der Waals surface area contributed by atoms with E-state index in [9.17, 15) is 13.6 Å². The van der Waals surface area contributed by atoms with Gasteiger partial charge in [0.1, 0.15) is 11.6 Å². The normalized spacial score (nSPS) is 20.4. The highest BCUT2D eigenvalue weighted by Crippen LogP contribution is 2.21. The average Bonchev–Trinajstić information content (AvgIpc) is 2.48. The Labute approximate surface area is 116 Å². The highest BCUT2D eigenvalue weighted by molar-refractivity contribution is 5.81. The lowest BCUT2D eigenvalue weighted by atomic mass is 10.0. The summed E-state index contributed by atoms with van der Waals surface area (Å²) in [5.74, 6) is -1.45. The van der Waals surface area contributed by atoms with E-state index in [1.165, 1.54) is 0 Å². The van der Waals surface area contributed by atoms with E-state index in [0.717, 1.165) is 18.2 Å². The summed E-state index contributed by atoms with van der Waals surface area (Å²) < 4.78 is 37.4. The molecule has 1 aliphatic heterocycles. The lowest BCUT2D eigenvalue weighted by Crippen LogP contribution is -2.44. The zero-order chi connectivity index (χ0) is 14.5. The lowest BCUT2D eigenvalue weighted by Gasteiger charge is -2.25. The van der Waals surface area contributed by atoms with Crippen LogP contribution in [0.15, 0.2) is 18.2 Å². The van der Waals surface area contributed by atoms with Gasteiger partial charge in [-0.05, 0) is 24.6 Å². The third kappa shape index (κ3) is 3.52. The molecule has 6 heteroatoms. The van der Waals surface area contributed by atoms with Crippen molar-refractivity contribution in [3.8, 4) is 0 Å². The molecular weight excluding hydrogens is 268 g/mol. The predicted molar refractivity (Wildman–Crippen MR) is 68.1 cm³/mol. The number of carbonyl (C=O) groups is 1. The maximum Gasteiger partial charge on any atom is 0.252 e. The average molecular weight is 285 g/mol. The van der Waals surface area contributed by atoms with E-state index in [2.05, 4.69) is 5.32 Å². The Morgan fingerprint density at radius 2 is 2.25 bits per heavy atom. The van der Waals surface area contributed by atoms with Gasteiger partial charge in [-0.1, -0.05) is 6.92 Å². The Hall–Kier alpha value is -1.53. The van der Waals surface area contributed by atoms with E-state index in [1.54, 1.807) is 6.92 Å². The third-order valence-corrected chi connectivity index (χ3v) is 3.17. The maximum absolute atomic E-state index is 13.7. The number of hydrogen-bond acceptors (Lipinski definition) is 3. The van der Waals surface area contributed by atoms with Crippen LogP contribution in [-0.4, -0.2) is 31.8 Å². The Morgan fingerprint density at radius 3 is 2.90 bits per heavy atom. The first-order valence-corrected chi connectivity index (χ1v) is 6.56. The van der Waals surface area contributed by atoms with Crippen molar-refractivity contribution in [2.45, 2.75) is 25.5 Å². The summed E-state index contributed by atoms with van der Waals surface area (Å²) in [5, 5.41) is 2.67. The number of halogens is 2. The van der Waals surface area contributed by atoms with Crippen molar-refractivity contribution in [3.05, 3.63) is 35.4 Å². The van der Waals surface area contributed by atoms with Crippen LogP contribution in [0, 0.1) is 11.6 Å². The fraction of sp³-hybridized carbons (Fsp3) is 0.500. The molecule has 1 fully saturated rings. The molecule has 20 heavy (non-hydrogen) atoms. The van der Waals surface area contributed by atoms with Gasteiger partial charge in [0, 0.05) is 5.56 Å². The van der Waals surface area contributed by atoms with Crippen LogP contribution < -0.4 is 5.32 Å². The molecule has 1 aromatic carbocycles. The molecule has 0 aliphatic carbocycles. The fourth-order valence-electron chi connectivity index (χ4n) is 2.09. The summed E-state index contributed by atoms with van der Waals surface area (Å²) >= 11 is 0. The van der Waals surface area contributed by atoms with Gasteiger partial charge in [-0.25, -0.2) is 8.78 Å². The second-order valence-electron chi connectivity index (χ2n) is 4.57. The second-order valence-corrected chi connectivity index (χ2v) is 4.57. The van der Waals surface area contributed by atoms with Gasteiger partial charge in [0.05, 0.1) is 25.9 Å². The zero-order valence-corrected chi connectivity index (χ0v) is 11.2. The Bertz CT molecular complexity index is 475. The highest BCUT2D eigenvalue weighted by atomic mass is 19.1. The van der Waals surface area contributed by atoms with Crippen molar-refractivity contribution in [2.24, 2.45) is 0 Å².